The third-order valence-electron chi connectivity index (χ3n) is 8.24. The molecule has 4 aliphatic rings. The molecule has 9 nitrogen and oxygen atoms in total. The number of nitriles is 1. The van der Waals surface area contributed by atoms with Crippen LogP contribution in [-0.4, -0.2) is 98.9 Å². The molecule has 6 rings (SSSR count). The summed E-state index contributed by atoms with van der Waals surface area (Å²) >= 11 is 1.54. The summed E-state index contributed by atoms with van der Waals surface area (Å²) < 4.78 is 50.8. The van der Waals surface area contributed by atoms with Crippen molar-refractivity contribution in [3.05, 3.63) is 24.2 Å². The molecule has 200 valence electrons. The van der Waals surface area contributed by atoms with Crippen LogP contribution in [-0.2, 0) is 14.2 Å². The van der Waals surface area contributed by atoms with Gasteiger partial charge in [0.1, 0.15) is 35.8 Å². The number of ether oxygens (including phenoxy) is 3. The predicted molar refractivity (Wildman–Crippen MR) is 131 cm³/mol. The molecule has 0 N–H and O–H groups in total. The van der Waals surface area contributed by atoms with Gasteiger partial charge in [0.2, 0.25) is 0 Å². The van der Waals surface area contributed by atoms with Crippen molar-refractivity contribution in [1.82, 2.24) is 24.4 Å². The number of alkyl halides is 2. The van der Waals surface area contributed by atoms with Gasteiger partial charge in [-0.3, -0.25) is 9.80 Å². The molecule has 1 spiro atoms. The maximum atomic E-state index is 14.9. The second-order valence-electron chi connectivity index (χ2n) is 11.1. The molecule has 0 aliphatic carbocycles. The molecule has 0 unspecified atom stereocenters. The highest BCUT2D eigenvalue weighted by molar-refractivity contribution is 7.98. The van der Waals surface area contributed by atoms with Gasteiger partial charge in [0.05, 0.1) is 30.4 Å². The number of thioether (sulfide) groups is 1. The van der Waals surface area contributed by atoms with Crippen LogP contribution >= 0.6 is 11.8 Å². The van der Waals surface area contributed by atoms with E-state index in [0.29, 0.717) is 39.0 Å². The lowest BCUT2D eigenvalue weighted by Gasteiger charge is -2.45. The molecule has 37 heavy (non-hydrogen) atoms. The van der Waals surface area contributed by atoms with Crippen LogP contribution in [0.2, 0.25) is 0 Å². The zero-order valence-electron chi connectivity index (χ0n) is 21.3. The number of fused-ring (bicyclic) bond motifs is 2. The second kappa shape index (κ2) is 9.10. The molecule has 0 radical (unpaired) electrons. The minimum atomic E-state index is -2.76. The summed E-state index contributed by atoms with van der Waals surface area (Å²) in [4.78, 5) is 8.32. The van der Waals surface area contributed by atoms with E-state index in [1.165, 1.54) is 6.33 Å². The first-order chi connectivity index (χ1) is 17.6. The first-order valence-corrected chi connectivity index (χ1v) is 14.0. The van der Waals surface area contributed by atoms with Crippen LogP contribution in [0.15, 0.2) is 23.5 Å². The quantitative estimate of drug-likeness (QED) is 0.424. The van der Waals surface area contributed by atoms with Gasteiger partial charge in [0.15, 0.2) is 5.79 Å². The summed E-state index contributed by atoms with van der Waals surface area (Å²) in [7, 11) is 0. The Labute approximate surface area is 219 Å². The minimum absolute atomic E-state index is 0.161. The van der Waals surface area contributed by atoms with Crippen molar-refractivity contribution < 1.29 is 23.0 Å². The van der Waals surface area contributed by atoms with Crippen LogP contribution in [0.4, 0.5) is 8.78 Å². The minimum Gasteiger partial charge on any atom is -0.362 e. The Balaban J connectivity index is 1.28. The Morgan fingerprint density at radius 3 is 2.68 bits per heavy atom. The highest BCUT2D eigenvalue weighted by Crippen LogP contribution is 2.49. The molecular weight excluding hydrogens is 502 g/mol. The van der Waals surface area contributed by atoms with Crippen LogP contribution in [0.1, 0.15) is 44.9 Å². The summed E-state index contributed by atoms with van der Waals surface area (Å²) in [5, 5.41) is 14.4. The number of aromatic nitrogens is 3. The smallest absolute Gasteiger partial charge is 0.262 e. The molecule has 4 aliphatic heterocycles. The Morgan fingerprint density at radius 2 is 1.95 bits per heavy atom. The van der Waals surface area contributed by atoms with Crippen molar-refractivity contribution in [3.63, 3.8) is 0 Å². The van der Waals surface area contributed by atoms with Gasteiger partial charge in [-0.1, -0.05) is 0 Å². The zero-order chi connectivity index (χ0) is 26.0. The second-order valence-corrected chi connectivity index (χ2v) is 11.9. The van der Waals surface area contributed by atoms with Crippen molar-refractivity contribution in [2.24, 2.45) is 0 Å². The standard InChI is InChI=1S/C25H32F2N6O3S/c1-23(2)35-20-18(12-32-14-25(26,27)13-24(32)6-9-31(10-7-24)11-8-28)34-19(21(20)36-23)16-4-5-17-22(37-3)29-15-30-33(16)17/h4-5,15,18-21H,6-7,9-14H2,1-3H3/t18-,19+,20-,21+/m1/s1. The Morgan fingerprint density at radius 1 is 1.19 bits per heavy atom. The molecule has 2 aromatic heterocycles. The summed E-state index contributed by atoms with van der Waals surface area (Å²) in [6.07, 6.45) is 2.87. The molecule has 0 amide bonds. The molecule has 4 saturated heterocycles. The van der Waals surface area contributed by atoms with E-state index in [2.05, 4.69) is 16.2 Å². The zero-order valence-corrected chi connectivity index (χ0v) is 22.1. The number of hydrogen-bond acceptors (Lipinski definition) is 9. The first-order valence-electron chi connectivity index (χ1n) is 12.7. The van der Waals surface area contributed by atoms with E-state index in [0.717, 1.165) is 16.2 Å². The van der Waals surface area contributed by atoms with E-state index in [1.807, 2.05) is 46.6 Å². The molecule has 0 aromatic carbocycles. The largest absolute Gasteiger partial charge is 0.362 e. The van der Waals surface area contributed by atoms with E-state index in [9.17, 15) is 8.78 Å². The van der Waals surface area contributed by atoms with E-state index in [1.54, 1.807) is 11.8 Å². The van der Waals surface area contributed by atoms with Gasteiger partial charge < -0.3 is 14.2 Å². The fraction of sp³-hybridized carbons (Fsp3) is 0.720. The van der Waals surface area contributed by atoms with Crippen LogP contribution in [0.3, 0.4) is 0 Å². The topological polar surface area (TPSA) is 88.2 Å². The van der Waals surface area contributed by atoms with Crippen LogP contribution in [0.5, 0.6) is 0 Å². The highest BCUT2D eigenvalue weighted by Gasteiger charge is 2.60. The van der Waals surface area contributed by atoms with Gasteiger partial charge in [-0.05, 0) is 45.1 Å². The van der Waals surface area contributed by atoms with Crippen LogP contribution in [0.25, 0.3) is 5.52 Å². The normalized spacial score (nSPS) is 32.8. The molecule has 12 heteroatoms. The van der Waals surface area contributed by atoms with Crippen molar-refractivity contribution in [1.29, 1.82) is 5.26 Å². The van der Waals surface area contributed by atoms with Gasteiger partial charge in [-0.25, -0.2) is 18.3 Å². The number of hydrogen-bond donors (Lipinski definition) is 0. The molecule has 0 bridgehead atoms. The molecule has 6 heterocycles. The van der Waals surface area contributed by atoms with E-state index in [-0.39, 0.29) is 19.1 Å². The van der Waals surface area contributed by atoms with Crippen molar-refractivity contribution in [3.8, 4) is 6.07 Å². The number of rotatable bonds is 5. The number of likely N-dealkylation sites (tertiary alicyclic amines) is 2. The maximum Gasteiger partial charge on any atom is 0.262 e. The molecule has 2 aromatic rings. The van der Waals surface area contributed by atoms with Crippen molar-refractivity contribution in [2.75, 3.05) is 39.0 Å². The first kappa shape index (κ1) is 25.4. The van der Waals surface area contributed by atoms with Crippen LogP contribution in [0, 0.1) is 11.3 Å². The Bertz CT molecular complexity index is 1210. The Hall–Kier alpha value is -1.88. The van der Waals surface area contributed by atoms with Gasteiger partial charge >= 0.3 is 0 Å². The van der Waals surface area contributed by atoms with Crippen LogP contribution < -0.4 is 0 Å². The van der Waals surface area contributed by atoms with Gasteiger partial charge in [-0.15, -0.1) is 11.8 Å². The van der Waals surface area contributed by atoms with Gasteiger partial charge in [0, 0.05) is 31.6 Å². The third-order valence-corrected chi connectivity index (χ3v) is 8.94. The van der Waals surface area contributed by atoms with E-state index >= 15 is 0 Å². The lowest BCUT2D eigenvalue weighted by Crippen LogP contribution is -2.54. The highest BCUT2D eigenvalue weighted by atomic mass is 32.2. The fourth-order valence-corrected chi connectivity index (χ4v) is 7.18. The molecule has 4 atom stereocenters. The number of halogens is 2. The van der Waals surface area contributed by atoms with E-state index < -0.39 is 35.6 Å². The molecule has 4 fully saturated rings. The average molecular weight is 535 g/mol. The number of piperidine rings is 1. The van der Waals surface area contributed by atoms with Gasteiger partial charge in [0.25, 0.3) is 5.92 Å². The van der Waals surface area contributed by atoms with Crippen molar-refractivity contribution in [2.45, 2.75) is 79.8 Å². The third kappa shape index (κ3) is 4.43. The lowest BCUT2D eigenvalue weighted by molar-refractivity contribution is -0.191. The Kier molecular flexibility index (Phi) is 6.25. The summed E-state index contributed by atoms with van der Waals surface area (Å²) in [5.41, 5.74) is 1.11. The fourth-order valence-electron chi connectivity index (χ4n) is 6.66. The predicted octanol–water partition coefficient (Wildman–Crippen LogP) is 3.11. The average Bonchev–Trinajstić information content (AvgIpc) is 3.56. The SMILES string of the molecule is CSc1ncnn2c([C@@H]3O[C@H](CN4CC(F)(F)CC45CCN(CC#N)CC5)[C@H]4OC(C)(C)O[C@H]43)ccc12. The number of nitrogens with zero attached hydrogens (tertiary/aromatic N) is 6. The molecule has 0 saturated carbocycles. The molecular formula is C25H32F2N6O3S. The summed E-state index contributed by atoms with van der Waals surface area (Å²) in [6, 6.07) is 6.12. The van der Waals surface area contributed by atoms with Crippen molar-refractivity contribution >= 4 is 17.3 Å². The maximum absolute atomic E-state index is 14.9. The van der Waals surface area contributed by atoms with E-state index in [4.69, 9.17) is 19.5 Å². The summed E-state index contributed by atoms with van der Waals surface area (Å²) in [6.45, 7) is 5.40. The monoisotopic (exact) mass is 534 g/mol. The lowest BCUT2D eigenvalue weighted by atomic mass is 9.84. The van der Waals surface area contributed by atoms with Gasteiger partial charge in [-0.2, -0.15) is 10.4 Å². The summed E-state index contributed by atoms with van der Waals surface area (Å²) in [5.74, 6) is -3.57.